The van der Waals surface area contributed by atoms with Crippen molar-refractivity contribution in [2.75, 3.05) is 31.4 Å². The summed E-state index contributed by atoms with van der Waals surface area (Å²) in [6.07, 6.45) is 0.690. The molecule has 0 radical (unpaired) electrons. The van der Waals surface area contributed by atoms with Crippen molar-refractivity contribution in [3.8, 4) is 11.8 Å². The van der Waals surface area contributed by atoms with Crippen molar-refractivity contribution < 1.29 is 19.4 Å². The molecule has 0 heterocycles. The number of azo groups is 2. The Balaban J connectivity index is 1.52. The number of anilines is 1. The van der Waals surface area contributed by atoms with Gasteiger partial charge in [0.05, 0.1) is 41.8 Å². The zero-order valence-corrected chi connectivity index (χ0v) is 20.5. The smallest absolute Gasteiger partial charge is 0.308 e. The number of aliphatic hydroxyl groups is 1. The summed E-state index contributed by atoms with van der Waals surface area (Å²) in [7, 11) is 0. The second kappa shape index (κ2) is 14.7. The van der Waals surface area contributed by atoms with Crippen LogP contribution in [0.5, 0.6) is 5.75 Å². The monoisotopic (exact) mass is 500 g/mol. The lowest BCUT2D eigenvalue weighted by Gasteiger charge is -2.22. The second-order valence-corrected chi connectivity index (χ2v) is 7.68. The third-order valence-electron chi connectivity index (χ3n) is 5.06. The number of benzene rings is 3. The molecule has 1 N–H and O–H groups in total. The Hall–Kier alpha value is -4.62. The van der Waals surface area contributed by atoms with Gasteiger partial charge in [-0.3, -0.25) is 4.79 Å². The number of rotatable bonds is 13. The number of carbonyl (C=O) groups excluding carboxylic acids is 1. The van der Waals surface area contributed by atoms with Crippen LogP contribution in [0.15, 0.2) is 93.3 Å². The van der Waals surface area contributed by atoms with E-state index in [2.05, 4.69) is 26.5 Å². The quantitative estimate of drug-likeness (QED) is 0.161. The molecule has 37 heavy (non-hydrogen) atoms. The minimum absolute atomic E-state index is 0.0166. The normalized spacial score (nSPS) is 10.9. The SMILES string of the molecule is CCC(=O)OCOc1ccc(N=Nc2ccc(N=Nc3ccc(N(CCO)CCC#N)cc3)cc2)cc1. The molecule has 10 nitrogen and oxygen atoms in total. The van der Waals surface area contributed by atoms with Crippen LogP contribution in [0, 0.1) is 11.3 Å². The van der Waals surface area contributed by atoms with E-state index in [4.69, 9.17) is 14.7 Å². The van der Waals surface area contributed by atoms with Crippen molar-refractivity contribution in [3.05, 3.63) is 72.8 Å². The number of nitrogens with zero attached hydrogens (tertiary/aromatic N) is 6. The average Bonchev–Trinajstić information content (AvgIpc) is 2.94. The van der Waals surface area contributed by atoms with Crippen LogP contribution in [0.3, 0.4) is 0 Å². The Labute approximate surface area is 215 Å². The van der Waals surface area contributed by atoms with Crippen molar-refractivity contribution >= 4 is 34.4 Å². The largest absolute Gasteiger partial charge is 0.457 e. The van der Waals surface area contributed by atoms with E-state index in [-0.39, 0.29) is 19.4 Å². The van der Waals surface area contributed by atoms with Crippen LogP contribution in [0.1, 0.15) is 19.8 Å². The maximum Gasteiger partial charge on any atom is 0.308 e. The standard InChI is InChI=1S/C27H28N6O4/c1-2-27(35)37-20-36-26-14-10-24(11-15-26)32-30-22-6-4-21(5-7-22)29-31-23-8-12-25(13-9-23)33(18-19-34)17-3-16-28/h4-15,34H,2-3,17-20H2,1H3. The number of nitriles is 1. The van der Waals surface area contributed by atoms with Gasteiger partial charge < -0.3 is 19.5 Å². The van der Waals surface area contributed by atoms with Gasteiger partial charge in [0.25, 0.3) is 0 Å². The molecule has 190 valence electrons. The van der Waals surface area contributed by atoms with Crippen LogP contribution in [0.4, 0.5) is 28.4 Å². The molecule has 0 aliphatic rings. The Morgan fingerprint density at radius 3 is 1.78 bits per heavy atom. The van der Waals surface area contributed by atoms with Crippen LogP contribution < -0.4 is 9.64 Å². The Kier molecular flexibility index (Phi) is 10.7. The average molecular weight is 501 g/mol. The van der Waals surface area contributed by atoms with E-state index in [1.165, 1.54) is 0 Å². The topological polar surface area (TPSA) is 132 Å². The molecule has 0 atom stereocenters. The lowest BCUT2D eigenvalue weighted by atomic mass is 10.2. The number of ether oxygens (including phenoxy) is 2. The van der Waals surface area contributed by atoms with Crippen LogP contribution in [0.25, 0.3) is 0 Å². The highest BCUT2D eigenvalue weighted by atomic mass is 16.7. The highest BCUT2D eigenvalue weighted by Gasteiger charge is 2.05. The summed E-state index contributed by atoms with van der Waals surface area (Å²) in [6, 6.07) is 23.7. The molecule has 3 aromatic rings. The first-order chi connectivity index (χ1) is 18.1. The highest BCUT2D eigenvalue weighted by Crippen LogP contribution is 2.25. The molecule has 0 aliphatic carbocycles. The van der Waals surface area contributed by atoms with E-state index < -0.39 is 0 Å². The van der Waals surface area contributed by atoms with Gasteiger partial charge in [0.2, 0.25) is 6.79 Å². The minimum atomic E-state index is -0.317. The van der Waals surface area contributed by atoms with Gasteiger partial charge in [-0.1, -0.05) is 6.92 Å². The molecule has 0 amide bonds. The molecule has 0 aliphatic heterocycles. The Morgan fingerprint density at radius 2 is 1.32 bits per heavy atom. The van der Waals surface area contributed by atoms with Crippen LogP contribution in [-0.4, -0.2) is 37.6 Å². The van der Waals surface area contributed by atoms with Crippen LogP contribution in [0.2, 0.25) is 0 Å². The number of esters is 1. The van der Waals surface area contributed by atoms with Crippen molar-refractivity contribution in [2.24, 2.45) is 20.5 Å². The number of hydrogen-bond donors (Lipinski definition) is 1. The van der Waals surface area contributed by atoms with E-state index in [1.807, 2.05) is 29.2 Å². The van der Waals surface area contributed by atoms with E-state index >= 15 is 0 Å². The van der Waals surface area contributed by atoms with E-state index in [1.54, 1.807) is 55.5 Å². The first-order valence-electron chi connectivity index (χ1n) is 11.8. The van der Waals surface area contributed by atoms with Crippen LogP contribution in [-0.2, 0) is 9.53 Å². The predicted molar refractivity (Wildman–Crippen MR) is 139 cm³/mol. The summed E-state index contributed by atoms with van der Waals surface area (Å²) >= 11 is 0. The van der Waals surface area contributed by atoms with Gasteiger partial charge >= 0.3 is 5.97 Å². The lowest BCUT2D eigenvalue weighted by Crippen LogP contribution is -2.27. The fourth-order valence-electron chi connectivity index (χ4n) is 3.10. The van der Waals surface area contributed by atoms with Crippen LogP contribution >= 0.6 is 0 Å². The van der Waals surface area contributed by atoms with Crippen molar-refractivity contribution in [1.29, 1.82) is 5.26 Å². The molecular formula is C27H28N6O4. The highest BCUT2D eigenvalue weighted by molar-refractivity contribution is 5.68. The molecule has 0 aromatic heterocycles. The van der Waals surface area contributed by atoms with Gasteiger partial charge in [0, 0.05) is 25.2 Å². The number of carbonyl (C=O) groups is 1. The van der Waals surface area contributed by atoms with Crippen molar-refractivity contribution in [3.63, 3.8) is 0 Å². The summed E-state index contributed by atoms with van der Waals surface area (Å²) in [5, 5.41) is 35.0. The molecule has 0 saturated carbocycles. The van der Waals surface area contributed by atoms with Crippen molar-refractivity contribution in [1.82, 2.24) is 0 Å². The summed E-state index contributed by atoms with van der Waals surface area (Å²) in [6.45, 7) is 2.62. The van der Waals surface area contributed by atoms with E-state index in [0.29, 0.717) is 54.4 Å². The van der Waals surface area contributed by atoms with Gasteiger partial charge in [-0.2, -0.15) is 25.7 Å². The molecule has 0 fully saturated rings. The molecule has 3 aromatic carbocycles. The van der Waals surface area contributed by atoms with Gasteiger partial charge in [0.15, 0.2) is 0 Å². The summed E-state index contributed by atoms with van der Waals surface area (Å²) in [5.41, 5.74) is 3.58. The lowest BCUT2D eigenvalue weighted by molar-refractivity contribution is -0.149. The molecule has 10 heteroatoms. The van der Waals surface area contributed by atoms with E-state index in [0.717, 1.165) is 5.69 Å². The maximum atomic E-state index is 11.1. The maximum absolute atomic E-state index is 11.1. The molecule has 0 saturated heterocycles. The van der Waals surface area contributed by atoms with Crippen molar-refractivity contribution in [2.45, 2.75) is 19.8 Å². The fourth-order valence-corrected chi connectivity index (χ4v) is 3.10. The first-order valence-corrected chi connectivity index (χ1v) is 11.8. The number of hydrogen-bond acceptors (Lipinski definition) is 10. The molecule has 0 bridgehead atoms. The third-order valence-corrected chi connectivity index (χ3v) is 5.06. The van der Waals surface area contributed by atoms with E-state index in [9.17, 15) is 9.90 Å². The Bertz CT molecular complexity index is 1220. The molecule has 0 spiro atoms. The van der Waals surface area contributed by atoms with Gasteiger partial charge in [-0.15, -0.1) is 0 Å². The molecular weight excluding hydrogens is 472 g/mol. The Morgan fingerprint density at radius 1 is 0.838 bits per heavy atom. The first kappa shape index (κ1) is 27.0. The second-order valence-electron chi connectivity index (χ2n) is 7.68. The summed E-state index contributed by atoms with van der Waals surface area (Å²) < 4.78 is 10.2. The van der Waals surface area contributed by atoms with Gasteiger partial charge in [0.1, 0.15) is 5.75 Å². The fraction of sp³-hybridized carbons (Fsp3) is 0.259. The molecule has 3 rings (SSSR count). The third kappa shape index (κ3) is 9.16. The minimum Gasteiger partial charge on any atom is -0.457 e. The zero-order valence-electron chi connectivity index (χ0n) is 20.5. The number of aliphatic hydroxyl groups excluding tert-OH is 1. The summed E-state index contributed by atoms with van der Waals surface area (Å²) in [5.74, 6) is 0.246. The van der Waals surface area contributed by atoms with Gasteiger partial charge in [-0.05, 0) is 72.8 Å². The van der Waals surface area contributed by atoms with Gasteiger partial charge in [-0.25, -0.2) is 0 Å². The zero-order chi connectivity index (χ0) is 26.3. The molecule has 0 unspecified atom stereocenters. The summed E-state index contributed by atoms with van der Waals surface area (Å²) in [4.78, 5) is 13.1. The predicted octanol–water partition coefficient (Wildman–Crippen LogP) is 6.52.